The lowest BCUT2D eigenvalue weighted by atomic mass is 10.2. The fourth-order valence-electron chi connectivity index (χ4n) is 1.18. The van der Waals surface area contributed by atoms with Gasteiger partial charge < -0.3 is 15.2 Å². The van der Waals surface area contributed by atoms with E-state index in [0.717, 1.165) is 0 Å². The maximum atomic E-state index is 12.3. The van der Waals surface area contributed by atoms with Crippen molar-refractivity contribution < 1.29 is 18.3 Å². The van der Waals surface area contributed by atoms with E-state index in [0.29, 0.717) is 5.56 Å². The molecule has 0 radical (unpaired) electrons. The molecule has 0 aliphatic rings. The van der Waals surface area contributed by atoms with Crippen molar-refractivity contribution in [1.29, 1.82) is 0 Å². The minimum atomic E-state index is -2.96. The number of hydrogen-bond acceptors (Lipinski definition) is 4. The van der Waals surface area contributed by atoms with Crippen LogP contribution in [0.5, 0.6) is 11.5 Å². The molecule has 5 nitrogen and oxygen atoms in total. The van der Waals surface area contributed by atoms with Crippen molar-refractivity contribution in [2.75, 3.05) is 7.11 Å². The summed E-state index contributed by atoms with van der Waals surface area (Å²) >= 11 is 4.54. The first-order chi connectivity index (χ1) is 8.54. The second kappa shape index (κ2) is 6.70. The summed E-state index contributed by atoms with van der Waals surface area (Å²) in [5, 5.41) is 3.63. The minimum Gasteiger partial charge on any atom is -0.493 e. The Kier molecular flexibility index (Phi) is 5.25. The molecular formula is C10H11F2N3O2S. The van der Waals surface area contributed by atoms with Crippen LogP contribution in [0.4, 0.5) is 8.78 Å². The molecule has 98 valence electrons. The molecule has 0 fully saturated rings. The minimum absolute atomic E-state index is 0.0366. The highest BCUT2D eigenvalue weighted by molar-refractivity contribution is 7.80. The van der Waals surface area contributed by atoms with Crippen molar-refractivity contribution in [3.05, 3.63) is 23.8 Å². The van der Waals surface area contributed by atoms with E-state index in [2.05, 4.69) is 27.5 Å². The van der Waals surface area contributed by atoms with Gasteiger partial charge in [-0.3, -0.25) is 5.43 Å². The van der Waals surface area contributed by atoms with E-state index in [-0.39, 0.29) is 16.6 Å². The van der Waals surface area contributed by atoms with Gasteiger partial charge in [-0.25, -0.2) is 0 Å². The average Bonchev–Trinajstić information content (AvgIpc) is 2.30. The lowest BCUT2D eigenvalue weighted by Gasteiger charge is -2.11. The number of rotatable bonds is 5. The molecule has 0 aliphatic heterocycles. The quantitative estimate of drug-likeness (QED) is 0.484. The summed E-state index contributed by atoms with van der Waals surface area (Å²) in [6, 6.07) is 4.64. The molecule has 0 spiro atoms. The number of ether oxygens (including phenoxy) is 2. The third-order valence-corrected chi connectivity index (χ3v) is 1.91. The average molecular weight is 275 g/mol. The third kappa shape index (κ3) is 4.13. The third-order valence-electron chi connectivity index (χ3n) is 1.81. The molecule has 0 unspecified atom stereocenters. The standard InChI is InChI=1S/C10H11F2N3O2S/c1-16-7-4-2-3-6(5-14-15-10(13)18)8(7)17-9(11)12/h2-5,9H,1H3,(H3,13,15,18). The van der Waals surface area contributed by atoms with Gasteiger partial charge in [0.2, 0.25) is 0 Å². The van der Waals surface area contributed by atoms with Crippen molar-refractivity contribution in [1.82, 2.24) is 5.43 Å². The van der Waals surface area contributed by atoms with Crippen LogP contribution in [-0.4, -0.2) is 25.0 Å². The number of hydrogen-bond donors (Lipinski definition) is 2. The van der Waals surface area contributed by atoms with Gasteiger partial charge in [0.25, 0.3) is 0 Å². The SMILES string of the molecule is COc1cccc(C=NNC(N)=S)c1OC(F)F. The molecule has 0 saturated carbocycles. The molecule has 1 rings (SSSR count). The lowest BCUT2D eigenvalue weighted by Crippen LogP contribution is -2.24. The van der Waals surface area contributed by atoms with Crippen molar-refractivity contribution in [3.63, 3.8) is 0 Å². The normalized spacial score (nSPS) is 10.7. The zero-order valence-corrected chi connectivity index (χ0v) is 10.2. The van der Waals surface area contributed by atoms with Gasteiger partial charge in [-0.15, -0.1) is 0 Å². The van der Waals surface area contributed by atoms with Crippen LogP contribution >= 0.6 is 12.2 Å². The van der Waals surface area contributed by atoms with Crippen LogP contribution in [0.1, 0.15) is 5.56 Å². The van der Waals surface area contributed by atoms with Crippen molar-refractivity contribution in [3.8, 4) is 11.5 Å². The predicted molar refractivity (Wildman–Crippen MR) is 67.1 cm³/mol. The van der Waals surface area contributed by atoms with Crippen molar-refractivity contribution in [2.45, 2.75) is 6.61 Å². The van der Waals surface area contributed by atoms with Crippen LogP contribution < -0.4 is 20.6 Å². The monoisotopic (exact) mass is 275 g/mol. The number of nitrogens with two attached hydrogens (primary N) is 1. The largest absolute Gasteiger partial charge is 0.493 e. The molecule has 0 aliphatic carbocycles. The van der Waals surface area contributed by atoms with Gasteiger partial charge >= 0.3 is 6.61 Å². The second-order valence-electron chi connectivity index (χ2n) is 2.99. The molecule has 8 heteroatoms. The van der Waals surface area contributed by atoms with Crippen LogP contribution in [0.2, 0.25) is 0 Å². The highest BCUT2D eigenvalue weighted by Gasteiger charge is 2.14. The summed E-state index contributed by atoms with van der Waals surface area (Å²) < 4.78 is 33.9. The van der Waals surface area contributed by atoms with E-state index in [1.165, 1.54) is 25.5 Å². The van der Waals surface area contributed by atoms with Crippen LogP contribution in [0.3, 0.4) is 0 Å². The van der Waals surface area contributed by atoms with E-state index in [4.69, 9.17) is 10.5 Å². The number of alkyl halides is 2. The molecule has 1 aromatic rings. The second-order valence-corrected chi connectivity index (χ2v) is 3.43. The van der Waals surface area contributed by atoms with Gasteiger partial charge in [-0.1, -0.05) is 6.07 Å². The Morgan fingerprint density at radius 2 is 2.28 bits per heavy atom. The summed E-state index contributed by atoms with van der Waals surface area (Å²) in [4.78, 5) is 0. The molecule has 3 N–H and O–H groups in total. The van der Waals surface area contributed by atoms with E-state index in [1.807, 2.05) is 0 Å². The number of methoxy groups -OCH3 is 1. The number of nitrogens with one attached hydrogen (secondary N) is 1. The molecule has 0 heterocycles. The zero-order valence-electron chi connectivity index (χ0n) is 9.39. The Morgan fingerprint density at radius 3 is 2.83 bits per heavy atom. The molecule has 18 heavy (non-hydrogen) atoms. The fraction of sp³-hybridized carbons (Fsp3) is 0.200. The van der Waals surface area contributed by atoms with Crippen LogP contribution in [0, 0.1) is 0 Å². The molecular weight excluding hydrogens is 264 g/mol. The van der Waals surface area contributed by atoms with Crippen LogP contribution in [0.15, 0.2) is 23.3 Å². The van der Waals surface area contributed by atoms with Gasteiger partial charge in [0.15, 0.2) is 16.6 Å². The predicted octanol–water partition coefficient (Wildman–Crippen LogP) is 1.46. The summed E-state index contributed by atoms with van der Waals surface area (Å²) in [6.07, 6.45) is 1.25. The fourth-order valence-corrected chi connectivity index (χ4v) is 1.23. The van der Waals surface area contributed by atoms with E-state index < -0.39 is 6.61 Å². The molecule has 0 saturated heterocycles. The first-order valence-corrected chi connectivity index (χ1v) is 5.15. The van der Waals surface area contributed by atoms with E-state index in [9.17, 15) is 8.78 Å². The van der Waals surface area contributed by atoms with Gasteiger partial charge in [-0.05, 0) is 24.4 Å². The number of hydrazone groups is 1. The number of nitrogens with zero attached hydrogens (tertiary/aromatic N) is 1. The Hall–Kier alpha value is -1.96. The van der Waals surface area contributed by atoms with Gasteiger partial charge in [-0.2, -0.15) is 13.9 Å². The Labute approximate surface area is 108 Å². The van der Waals surface area contributed by atoms with E-state index >= 15 is 0 Å². The Morgan fingerprint density at radius 1 is 1.56 bits per heavy atom. The maximum Gasteiger partial charge on any atom is 0.387 e. The smallest absolute Gasteiger partial charge is 0.387 e. The Balaban J connectivity index is 3.01. The van der Waals surface area contributed by atoms with Crippen LogP contribution in [-0.2, 0) is 0 Å². The first kappa shape index (κ1) is 14.1. The van der Waals surface area contributed by atoms with Gasteiger partial charge in [0.1, 0.15) is 0 Å². The van der Waals surface area contributed by atoms with Crippen molar-refractivity contribution >= 4 is 23.5 Å². The molecule has 0 bridgehead atoms. The first-order valence-electron chi connectivity index (χ1n) is 4.75. The maximum absolute atomic E-state index is 12.3. The van der Waals surface area contributed by atoms with E-state index in [1.54, 1.807) is 6.07 Å². The number of halogens is 2. The summed E-state index contributed by atoms with van der Waals surface area (Å²) in [5.74, 6) is 0.0677. The summed E-state index contributed by atoms with van der Waals surface area (Å²) in [7, 11) is 1.35. The molecule has 0 atom stereocenters. The highest BCUT2D eigenvalue weighted by Crippen LogP contribution is 2.31. The lowest BCUT2D eigenvalue weighted by molar-refractivity contribution is -0.0513. The topological polar surface area (TPSA) is 68.9 Å². The zero-order chi connectivity index (χ0) is 13.5. The number of para-hydroxylation sites is 1. The number of thiocarbonyl (C=S) groups is 1. The number of benzene rings is 1. The molecule has 0 amide bonds. The molecule has 1 aromatic carbocycles. The van der Waals surface area contributed by atoms with Gasteiger partial charge in [0.05, 0.1) is 13.3 Å². The summed E-state index contributed by atoms with van der Waals surface area (Å²) in [5.41, 5.74) is 7.77. The van der Waals surface area contributed by atoms with Crippen LogP contribution in [0.25, 0.3) is 0 Å². The van der Waals surface area contributed by atoms with Gasteiger partial charge in [0, 0.05) is 5.56 Å². The Bertz CT molecular complexity index is 455. The molecule has 0 aromatic heterocycles. The highest BCUT2D eigenvalue weighted by atomic mass is 32.1. The van der Waals surface area contributed by atoms with Crippen molar-refractivity contribution in [2.24, 2.45) is 10.8 Å². The summed E-state index contributed by atoms with van der Waals surface area (Å²) in [6.45, 7) is -2.96.